The maximum Gasteiger partial charge on any atom is 0.239 e. The number of hydrogen-bond acceptors (Lipinski definition) is 3. The van der Waals surface area contributed by atoms with Gasteiger partial charge in [0.15, 0.2) is 0 Å². The van der Waals surface area contributed by atoms with Crippen LogP contribution in [0.25, 0.3) is 0 Å². The molecule has 5 heteroatoms. The lowest BCUT2D eigenvalue weighted by Gasteiger charge is -2.28. The molecule has 0 spiro atoms. The normalized spacial score (nSPS) is 19.4. The summed E-state index contributed by atoms with van der Waals surface area (Å²) in [5.74, 6) is -0.0111. The molecule has 1 fully saturated rings. The van der Waals surface area contributed by atoms with Crippen molar-refractivity contribution < 1.29 is 9.53 Å². The van der Waals surface area contributed by atoms with Crippen molar-refractivity contribution in [3.8, 4) is 0 Å². The van der Waals surface area contributed by atoms with E-state index in [1.54, 1.807) is 4.90 Å². The van der Waals surface area contributed by atoms with Crippen molar-refractivity contribution in [1.29, 1.82) is 0 Å². The molecule has 0 saturated carbocycles. The zero-order valence-corrected chi connectivity index (χ0v) is 13.3. The number of amides is 1. The zero-order chi connectivity index (χ0) is 14.4. The number of likely N-dealkylation sites (N-methyl/N-ethyl adjacent to an activating group) is 1. The second-order valence-electron chi connectivity index (χ2n) is 5.50. The molecule has 1 amide bonds. The number of hydrogen-bond donors (Lipinski definition) is 1. The number of carbonyl (C=O) groups is 1. The number of nitrogens with two attached hydrogens (primary N) is 1. The van der Waals surface area contributed by atoms with E-state index in [0.717, 1.165) is 25.0 Å². The Labute approximate surface area is 133 Å². The highest BCUT2D eigenvalue weighted by molar-refractivity contribution is 5.85. The van der Waals surface area contributed by atoms with Crippen molar-refractivity contribution in [3.63, 3.8) is 0 Å². The minimum Gasteiger partial charge on any atom is -0.376 e. The predicted molar refractivity (Wildman–Crippen MR) is 86.6 cm³/mol. The molecule has 2 atom stereocenters. The van der Waals surface area contributed by atoms with Gasteiger partial charge < -0.3 is 15.4 Å². The molecular weight excluding hydrogens is 288 g/mol. The monoisotopic (exact) mass is 312 g/mol. The van der Waals surface area contributed by atoms with Gasteiger partial charge >= 0.3 is 0 Å². The summed E-state index contributed by atoms with van der Waals surface area (Å²) in [6.45, 7) is 1.45. The lowest BCUT2D eigenvalue weighted by Crippen LogP contribution is -2.46. The standard InChI is InChI=1S/C16H24N2O2.ClH/c1-18(12-14-9-5-6-10-20-14)16(19)15(17)11-13-7-3-2-4-8-13;/h2-4,7-8,14-15H,5-6,9-12,17H2,1H3;1H. The first-order chi connectivity index (χ1) is 9.66. The molecule has 4 nitrogen and oxygen atoms in total. The van der Waals surface area contributed by atoms with Crippen LogP contribution in [-0.2, 0) is 16.0 Å². The van der Waals surface area contributed by atoms with E-state index in [1.807, 2.05) is 37.4 Å². The highest BCUT2D eigenvalue weighted by Crippen LogP contribution is 2.14. The predicted octanol–water partition coefficient (Wildman–Crippen LogP) is 2.01. The third-order valence-corrected chi connectivity index (χ3v) is 3.74. The van der Waals surface area contributed by atoms with Crippen LogP contribution in [0.4, 0.5) is 0 Å². The van der Waals surface area contributed by atoms with E-state index in [1.165, 1.54) is 6.42 Å². The summed E-state index contributed by atoms with van der Waals surface area (Å²) in [5.41, 5.74) is 7.12. The van der Waals surface area contributed by atoms with Crippen molar-refractivity contribution in [3.05, 3.63) is 35.9 Å². The molecule has 1 aliphatic rings. The molecule has 1 aliphatic heterocycles. The quantitative estimate of drug-likeness (QED) is 0.905. The average Bonchev–Trinajstić information content (AvgIpc) is 2.48. The highest BCUT2D eigenvalue weighted by atomic mass is 35.5. The number of carbonyl (C=O) groups excluding carboxylic acids is 1. The Morgan fingerprint density at radius 3 is 2.71 bits per heavy atom. The Morgan fingerprint density at radius 1 is 1.38 bits per heavy atom. The number of halogens is 1. The maximum atomic E-state index is 12.3. The molecule has 2 unspecified atom stereocenters. The third kappa shape index (κ3) is 5.65. The second kappa shape index (κ2) is 9.03. The van der Waals surface area contributed by atoms with Crippen molar-refractivity contribution in [2.45, 2.75) is 37.8 Å². The average molecular weight is 313 g/mol. The first kappa shape index (κ1) is 18.0. The van der Waals surface area contributed by atoms with Gasteiger partial charge in [0, 0.05) is 20.2 Å². The summed E-state index contributed by atoms with van der Waals surface area (Å²) in [5, 5.41) is 0. The molecule has 1 saturated heterocycles. The van der Waals surface area contributed by atoms with Gasteiger partial charge in [-0.2, -0.15) is 0 Å². The summed E-state index contributed by atoms with van der Waals surface area (Å²) < 4.78 is 5.66. The number of benzene rings is 1. The van der Waals surface area contributed by atoms with Gasteiger partial charge in [-0.05, 0) is 31.2 Å². The number of ether oxygens (including phenoxy) is 1. The van der Waals surface area contributed by atoms with Gasteiger partial charge in [-0.15, -0.1) is 12.4 Å². The molecule has 0 bridgehead atoms. The van der Waals surface area contributed by atoms with E-state index in [4.69, 9.17) is 10.5 Å². The number of rotatable bonds is 5. The van der Waals surface area contributed by atoms with Gasteiger partial charge in [0.05, 0.1) is 12.1 Å². The fourth-order valence-corrected chi connectivity index (χ4v) is 2.59. The Morgan fingerprint density at radius 2 is 2.10 bits per heavy atom. The largest absolute Gasteiger partial charge is 0.376 e. The molecule has 1 aromatic rings. The summed E-state index contributed by atoms with van der Waals surface area (Å²) in [6.07, 6.45) is 4.09. The van der Waals surface area contributed by atoms with E-state index >= 15 is 0 Å². The fraction of sp³-hybridized carbons (Fsp3) is 0.562. The molecule has 21 heavy (non-hydrogen) atoms. The molecule has 2 rings (SSSR count). The Kier molecular flexibility index (Phi) is 7.72. The molecule has 1 heterocycles. The molecule has 0 aromatic heterocycles. The van der Waals surface area contributed by atoms with E-state index in [0.29, 0.717) is 13.0 Å². The van der Waals surface area contributed by atoms with Crippen LogP contribution in [-0.4, -0.2) is 43.2 Å². The summed E-state index contributed by atoms with van der Waals surface area (Å²) >= 11 is 0. The summed E-state index contributed by atoms with van der Waals surface area (Å²) in [7, 11) is 1.81. The van der Waals surface area contributed by atoms with Crippen LogP contribution in [0.5, 0.6) is 0 Å². The topological polar surface area (TPSA) is 55.6 Å². The van der Waals surface area contributed by atoms with Crippen LogP contribution in [0, 0.1) is 0 Å². The zero-order valence-electron chi connectivity index (χ0n) is 12.5. The molecule has 1 aromatic carbocycles. The Hall–Kier alpha value is -1.10. The fourth-order valence-electron chi connectivity index (χ4n) is 2.59. The lowest BCUT2D eigenvalue weighted by molar-refractivity contribution is -0.133. The van der Waals surface area contributed by atoms with Crippen LogP contribution >= 0.6 is 12.4 Å². The molecule has 0 radical (unpaired) electrons. The van der Waals surface area contributed by atoms with Gasteiger partial charge in [0.2, 0.25) is 5.91 Å². The molecule has 0 aliphatic carbocycles. The van der Waals surface area contributed by atoms with Crippen LogP contribution < -0.4 is 5.73 Å². The summed E-state index contributed by atoms with van der Waals surface area (Å²) in [6, 6.07) is 9.40. The van der Waals surface area contributed by atoms with E-state index in [-0.39, 0.29) is 24.4 Å². The van der Waals surface area contributed by atoms with Gasteiger partial charge in [0.1, 0.15) is 0 Å². The molecule has 118 valence electrons. The van der Waals surface area contributed by atoms with Crippen molar-refractivity contribution >= 4 is 18.3 Å². The van der Waals surface area contributed by atoms with Crippen LogP contribution in [0.1, 0.15) is 24.8 Å². The van der Waals surface area contributed by atoms with Crippen LogP contribution in [0.2, 0.25) is 0 Å². The smallest absolute Gasteiger partial charge is 0.239 e. The van der Waals surface area contributed by atoms with Gasteiger partial charge in [0.25, 0.3) is 0 Å². The van der Waals surface area contributed by atoms with Gasteiger partial charge in [-0.25, -0.2) is 0 Å². The summed E-state index contributed by atoms with van der Waals surface area (Å²) in [4.78, 5) is 14.0. The number of nitrogens with zero attached hydrogens (tertiary/aromatic N) is 1. The van der Waals surface area contributed by atoms with E-state index in [2.05, 4.69) is 0 Å². The van der Waals surface area contributed by atoms with Crippen LogP contribution in [0.3, 0.4) is 0 Å². The van der Waals surface area contributed by atoms with Crippen LogP contribution in [0.15, 0.2) is 30.3 Å². The SMILES string of the molecule is CN(CC1CCCCO1)C(=O)C(N)Cc1ccccc1.Cl. The van der Waals surface area contributed by atoms with Crippen molar-refractivity contribution in [2.24, 2.45) is 5.73 Å². The van der Waals surface area contributed by atoms with Gasteiger partial charge in [-0.1, -0.05) is 30.3 Å². The Bertz CT molecular complexity index is 422. The van der Waals surface area contributed by atoms with Crippen molar-refractivity contribution in [2.75, 3.05) is 20.2 Å². The van der Waals surface area contributed by atoms with Crippen molar-refractivity contribution in [1.82, 2.24) is 4.90 Å². The first-order valence-electron chi connectivity index (χ1n) is 7.33. The highest BCUT2D eigenvalue weighted by Gasteiger charge is 2.22. The second-order valence-corrected chi connectivity index (χ2v) is 5.50. The molecular formula is C16H25ClN2O2. The first-order valence-corrected chi connectivity index (χ1v) is 7.33. The third-order valence-electron chi connectivity index (χ3n) is 3.74. The minimum atomic E-state index is -0.481. The maximum absolute atomic E-state index is 12.3. The minimum absolute atomic E-state index is 0. The molecule has 2 N–H and O–H groups in total. The van der Waals surface area contributed by atoms with E-state index in [9.17, 15) is 4.79 Å². The van der Waals surface area contributed by atoms with Gasteiger partial charge in [-0.3, -0.25) is 4.79 Å². The Balaban J connectivity index is 0.00000220. The lowest BCUT2D eigenvalue weighted by atomic mass is 10.0. The van der Waals surface area contributed by atoms with E-state index < -0.39 is 6.04 Å².